The fourth-order valence-corrected chi connectivity index (χ4v) is 2.77. The Morgan fingerprint density at radius 2 is 1.74 bits per heavy atom. The number of nitrogens with zero attached hydrogens (tertiary/aromatic N) is 1. The molecule has 0 unspecified atom stereocenters. The van der Waals surface area contributed by atoms with Crippen molar-refractivity contribution in [3.8, 4) is 17.2 Å². The van der Waals surface area contributed by atoms with E-state index in [1.165, 1.54) is 0 Å². The summed E-state index contributed by atoms with van der Waals surface area (Å²) in [5.74, 6) is 1.87. The van der Waals surface area contributed by atoms with Crippen molar-refractivity contribution in [1.82, 2.24) is 0 Å². The SMILES string of the molecule is COc1ccc(N/N=C/c2ccc(OC)c(OC)c2Br)cc1Cl. The van der Waals surface area contributed by atoms with Gasteiger partial charge in [-0.25, -0.2) is 0 Å². The van der Waals surface area contributed by atoms with Gasteiger partial charge in [0.2, 0.25) is 0 Å². The molecule has 0 aliphatic heterocycles. The van der Waals surface area contributed by atoms with Gasteiger partial charge in [-0.3, -0.25) is 5.43 Å². The van der Waals surface area contributed by atoms with Crippen LogP contribution in [0, 0.1) is 0 Å². The third-order valence-electron chi connectivity index (χ3n) is 3.06. The van der Waals surface area contributed by atoms with Gasteiger partial charge in [-0.05, 0) is 46.3 Å². The molecule has 5 nitrogen and oxygen atoms in total. The number of benzene rings is 2. The second-order valence-electron chi connectivity index (χ2n) is 4.42. The van der Waals surface area contributed by atoms with Gasteiger partial charge in [0.25, 0.3) is 0 Å². The van der Waals surface area contributed by atoms with E-state index in [1.54, 1.807) is 39.7 Å². The van der Waals surface area contributed by atoms with Gasteiger partial charge in [0.15, 0.2) is 11.5 Å². The Morgan fingerprint density at radius 3 is 2.35 bits per heavy atom. The quantitative estimate of drug-likeness (QED) is 0.571. The maximum atomic E-state index is 6.07. The van der Waals surface area contributed by atoms with Gasteiger partial charge in [0.05, 0.1) is 42.7 Å². The van der Waals surface area contributed by atoms with E-state index in [0.29, 0.717) is 22.3 Å². The molecule has 0 amide bonds. The molecule has 2 aromatic rings. The summed E-state index contributed by atoms with van der Waals surface area (Å²) in [5, 5.41) is 4.71. The van der Waals surface area contributed by atoms with Crippen molar-refractivity contribution in [2.45, 2.75) is 0 Å². The fraction of sp³-hybridized carbons (Fsp3) is 0.188. The van der Waals surface area contributed by atoms with E-state index in [2.05, 4.69) is 26.5 Å². The molecule has 0 atom stereocenters. The highest BCUT2D eigenvalue weighted by Crippen LogP contribution is 2.36. The first-order valence-electron chi connectivity index (χ1n) is 6.63. The second kappa shape index (κ2) is 8.08. The Bertz CT molecular complexity index is 723. The van der Waals surface area contributed by atoms with Crippen LogP contribution in [0.2, 0.25) is 5.02 Å². The first-order chi connectivity index (χ1) is 11.1. The normalized spacial score (nSPS) is 10.7. The van der Waals surface area contributed by atoms with E-state index >= 15 is 0 Å². The lowest BCUT2D eigenvalue weighted by Gasteiger charge is -2.11. The third kappa shape index (κ3) is 4.09. The molecule has 0 aliphatic rings. The monoisotopic (exact) mass is 398 g/mol. The largest absolute Gasteiger partial charge is 0.495 e. The first-order valence-corrected chi connectivity index (χ1v) is 7.81. The molecule has 0 bridgehead atoms. The zero-order valence-electron chi connectivity index (χ0n) is 12.9. The van der Waals surface area contributed by atoms with Crippen LogP contribution in [0.5, 0.6) is 17.2 Å². The van der Waals surface area contributed by atoms with Crippen LogP contribution < -0.4 is 19.6 Å². The Hall–Kier alpha value is -1.92. The van der Waals surface area contributed by atoms with Crippen LogP contribution in [0.25, 0.3) is 0 Å². The van der Waals surface area contributed by atoms with Crippen LogP contribution in [-0.2, 0) is 0 Å². The number of anilines is 1. The molecule has 0 radical (unpaired) electrons. The van der Waals surface area contributed by atoms with Gasteiger partial charge in [-0.2, -0.15) is 5.10 Å². The molecule has 122 valence electrons. The lowest BCUT2D eigenvalue weighted by molar-refractivity contribution is 0.353. The van der Waals surface area contributed by atoms with E-state index in [4.69, 9.17) is 25.8 Å². The molecular formula is C16H16BrClN2O3. The van der Waals surface area contributed by atoms with E-state index in [-0.39, 0.29) is 0 Å². The highest BCUT2D eigenvalue weighted by molar-refractivity contribution is 9.10. The van der Waals surface area contributed by atoms with Crippen LogP contribution in [-0.4, -0.2) is 27.5 Å². The summed E-state index contributed by atoms with van der Waals surface area (Å²) < 4.78 is 16.4. The van der Waals surface area contributed by atoms with Gasteiger partial charge < -0.3 is 14.2 Å². The number of nitrogens with one attached hydrogen (secondary N) is 1. The average molecular weight is 400 g/mol. The van der Waals surface area contributed by atoms with Crippen molar-refractivity contribution in [1.29, 1.82) is 0 Å². The van der Waals surface area contributed by atoms with Crippen LogP contribution in [0.15, 0.2) is 39.9 Å². The van der Waals surface area contributed by atoms with Crippen molar-refractivity contribution >= 4 is 39.4 Å². The summed E-state index contributed by atoms with van der Waals surface area (Å²) in [6.45, 7) is 0. The molecule has 0 spiro atoms. The zero-order valence-corrected chi connectivity index (χ0v) is 15.2. The summed E-state index contributed by atoms with van der Waals surface area (Å²) in [6.07, 6.45) is 1.67. The van der Waals surface area contributed by atoms with Gasteiger partial charge >= 0.3 is 0 Å². The molecule has 1 N–H and O–H groups in total. The smallest absolute Gasteiger partial charge is 0.175 e. The molecule has 0 heterocycles. The number of hydrazone groups is 1. The predicted molar refractivity (Wildman–Crippen MR) is 96.5 cm³/mol. The van der Waals surface area contributed by atoms with Crippen LogP contribution in [0.3, 0.4) is 0 Å². The molecule has 0 fully saturated rings. The topological polar surface area (TPSA) is 52.1 Å². The summed E-state index contributed by atoms with van der Waals surface area (Å²) in [6, 6.07) is 9.02. The van der Waals surface area contributed by atoms with Crippen LogP contribution >= 0.6 is 27.5 Å². The highest BCUT2D eigenvalue weighted by Gasteiger charge is 2.11. The molecule has 2 aromatic carbocycles. The lowest BCUT2D eigenvalue weighted by atomic mass is 10.2. The van der Waals surface area contributed by atoms with Gasteiger partial charge in [-0.15, -0.1) is 0 Å². The summed E-state index contributed by atoms with van der Waals surface area (Å²) >= 11 is 9.56. The minimum Gasteiger partial charge on any atom is -0.495 e. The molecule has 0 saturated heterocycles. The Labute approximate surface area is 148 Å². The highest BCUT2D eigenvalue weighted by atomic mass is 79.9. The molecule has 0 saturated carbocycles. The zero-order chi connectivity index (χ0) is 16.8. The van der Waals surface area contributed by atoms with Gasteiger partial charge in [-0.1, -0.05) is 11.6 Å². The van der Waals surface area contributed by atoms with Gasteiger partial charge in [0.1, 0.15) is 5.75 Å². The van der Waals surface area contributed by atoms with E-state index in [0.717, 1.165) is 15.7 Å². The maximum Gasteiger partial charge on any atom is 0.175 e. The number of ether oxygens (including phenoxy) is 3. The Balaban J connectivity index is 2.16. The molecule has 0 aliphatic carbocycles. The summed E-state index contributed by atoms with van der Waals surface area (Å²) in [7, 11) is 4.75. The molecule has 2 rings (SSSR count). The maximum absolute atomic E-state index is 6.07. The van der Waals surface area contributed by atoms with E-state index < -0.39 is 0 Å². The number of rotatable bonds is 6. The van der Waals surface area contributed by atoms with Gasteiger partial charge in [0, 0.05) is 5.56 Å². The predicted octanol–water partition coefficient (Wildman–Crippen LogP) is 4.57. The lowest BCUT2D eigenvalue weighted by Crippen LogP contribution is -1.96. The van der Waals surface area contributed by atoms with Crippen molar-refractivity contribution in [2.24, 2.45) is 5.10 Å². The number of hydrogen-bond donors (Lipinski definition) is 1. The van der Waals surface area contributed by atoms with Crippen molar-refractivity contribution in [3.05, 3.63) is 45.4 Å². The Morgan fingerprint density at radius 1 is 1.04 bits per heavy atom. The van der Waals surface area contributed by atoms with Crippen LogP contribution in [0.1, 0.15) is 5.56 Å². The molecule has 0 aromatic heterocycles. The minimum atomic E-state index is 0.514. The van der Waals surface area contributed by atoms with E-state index in [1.807, 2.05) is 18.2 Å². The standard InChI is InChI=1S/C16H16BrClN2O3/c1-21-13-7-5-11(8-12(13)18)20-19-9-10-4-6-14(22-2)16(23-3)15(10)17/h4-9,20H,1-3H3/b19-9+. The number of methoxy groups -OCH3 is 3. The molecular weight excluding hydrogens is 384 g/mol. The Kier molecular flexibility index (Phi) is 6.12. The summed E-state index contributed by atoms with van der Waals surface area (Å²) in [5.41, 5.74) is 4.51. The van der Waals surface area contributed by atoms with E-state index in [9.17, 15) is 0 Å². The van der Waals surface area contributed by atoms with Crippen molar-refractivity contribution in [3.63, 3.8) is 0 Å². The number of halogens is 2. The second-order valence-corrected chi connectivity index (χ2v) is 5.62. The average Bonchev–Trinajstić information content (AvgIpc) is 2.56. The summed E-state index contributed by atoms with van der Waals surface area (Å²) in [4.78, 5) is 0. The minimum absolute atomic E-state index is 0.514. The van der Waals surface area contributed by atoms with Crippen molar-refractivity contribution < 1.29 is 14.2 Å². The first kappa shape index (κ1) is 17.4. The third-order valence-corrected chi connectivity index (χ3v) is 4.18. The number of hydrogen-bond acceptors (Lipinski definition) is 5. The molecule has 23 heavy (non-hydrogen) atoms. The van der Waals surface area contributed by atoms with Crippen LogP contribution in [0.4, 0.5) is 5.69 Å². The fourth-order valence-electron chi connectivity index (χ4n) is 1.92. The molecule has 7 heteroatoms. The van der Waals surface area contributed by atoms with Crippen molar-refractivity contribution in [2.75, 3.05) is 26.8 Å².